The second-order valence-corrected chi connectivity index (χ2v) is 6.75. The summed E-state index contributed by atoms with van der Waals surface area (Å²) < 4.78 is 40.2. The van der Waals surface area contributed by atoms with E-state index in [0.717, 1.165) is 11.6 Å². The van der Waals surface area contributed by atoms with Gasteiger partial charge in [-0.05, 0) is 29.8 Å². The maximum absolute atomic E-state index is 13.4. The van der Waals surface area contributed by atoms with Gasteiger partial charge < -0.3 is 9.80 Å². The Hall–Kier alpha value is -3.35. The summed E-state index contributed by atoms with van der Waals surface area (Å²) in [6, 6.07) is 18.1. The molecule has 1 aliphatic heterocycles. The molecule has 4 nitrogen and oxygen atoms in total. The lowest BCUT2D eigenvalue weighted by molar-refractivity contribution is -0.137. The molecule has 0 fully saturated rings. The van der Waals surface area contributed by atoms with Crippen molar-refractivity contribution in [3.8, 4) is 0 Å². The van der Waals surface area contributed by atoms with Gasteiger partial charge in [-0.2, -0.15) is 13.2 Å². The zero-order valence-electron chi connectivity index (χ0n) is 15.4. The average Bonchev–Trinajstić information content (AvgIpc) is 2.74. The molecule has 0 bridgehead atoms. The number of pyridine rings is 1. The molecule has 0 aliphatic carbocycles. The fraction of sp³-hybridized carbons (Fsp3) is 0.182. The fourth-order valence-corrected chi connectivity index (χ4v) is 3.52. The van der Waals surface area contributed by atoms with Crippen LogP contribution in [0.1, 0.15) is 21.5 Å². The lowest BCUT2D eigenvalue weighted by Crippen LogP contribution is -2.44. The normalized spacial score (nSPS) is 13.9. The third kappa shape index (κ3) is 3.81. The predicted molar refractivity (Wildman–Crippen MR) is 105 cm³/mol. The Balaban J connectivity index is 1.68. The number of aromatic nitrogens is 1. The first-order valence-electron chi connectivity index (χ1n) is 9.17. The molecule has 148 valence electrons. The first kappa shape index (κ1) is 19.0. The molecule has 0 unspecified atom stereocenters. The van der Waals surface area contributed by atoms with E-state index in [1.54, 1.807) is 18.3 Å². The van der Waals surface area contributed by atoms with Crippen molar-refractivity contribution < 1.29 is 18.0 Å². The van der Waals surface area contributed by atoms with Crippen molar-refractivity contribution in [2.45, 2.75) is 12.7 Å². The molecule has 2 aromatic carbocycles. The van der Waals surface area contributed by atoms with Crippen molar-refractivity contribution in [1.29, 1.82) is 0 Å². The first-order chi connectivity index (χ1) is 13.9. The highest BCUT2D eigenvalue weighted by Gasteiger charge is 2.37. The van der Waals surface area contributed by atoms with Gasteiger partial charge in [0, 0.05) is 25.8 Å². The third-order valence-electron chi connectivity index (χ3n) is 4.87. The van der Waals surface area contributed by atoms with E-state index in [4.69, 9.17) is 0 Å². The van der Waals surface area contributed by atoms with Crippen LogP contribution in [-0.4, -0.2) is 24.0 Å². The molecule has 1 aliphatic rings. The van der Waals surface area contributed by atoms with Gasteiger partial charge in [-0.15, -0.1) is 0 Å². The van der Waals surface area contributed by atoms with Crippen molar-refractivity contribution in [2.24, 2.45) is 0 Å². The summed E-state index contributed by atoms with van der Waals surface area (Å²) in [6.45, 7) is 1.35. The van der Waals surface area contributed by atoms with Crippen molar-refractivity contribution in [2.75, 3.05) is 22.9 Å². The number of carbonyl (C=O) groups excluding carboxylic acids is 1. The number of hydrogen-bond acceptors (Lipinski definition) is 3. The van der Waals surface area contributed by atoms with Crippen molar-refractivity contribution in [1.82, 2.24) is 4.98 Å². The first-order valence-corrected chi connectivity index (χ1v) is 9.17. The highest BCUT2D eigenvalue weighted by Crippen LogP contribution is 2.36. The van der Waals surface area contributed by atoms with Crippen LogP contribution < -0.4 is 9.80 Å². The van der Waals surface area contributed by atoms with Crippen molar-refractivity contribution in [3.63, 3.8) is 0 Å². The monoisotopic (exact) mass is 397 g/mol. The van der Waals surface area contributed by atoms with E-state index in [0.29, 0.717) is 24.6 Å². The number of nitrogens with zero attached hydrogens (tertiary/aromatic N) is 3. The summed E-state index contributed by atoms with van der Waals surface area (Å²) in [5.74, 6) is -0.0908. The average molecular weight is 397 g/mol. The van der Waals surface area contributed by atoms with E-state index in [1.165, 1.54) is 23.1 Å². The van der Waals surface area contributed by atoms with E-state index in [1.807, 2.05) is 35.2 Å². The summed E-state index contributed by atoms with van der Waals surface area (Å²) in [5.41, 5.74) is 0.316. The van der Waals surface area contributed by atoms with Crippen LogP contribution in [-0.2, 0) is 12.7 Å². The van der Waals surface area contributed by atoms with Crippen LogP contribution in [0.15, 0.2) is 72.9 Å². The number of benzene rings is 2. The second kappa shape index (κ2) is 7.58. The lowest BCUT2D eigenvalue weighted by Gasteiger charge is -2.37. The number of fused-ring (bicyclic) bond motifs is 1. The minimum Gasteiger partial charge on any atom is -0.349 e. The van der Waals surface area contributed by atoms with Crippen LogP contribution in [0, 0.1) is 0 Å². The van der Waals surface area contributed by atoms with Gasteiger partial charge >= 0.3 is 6.18 Å². The molecule has 3 aromatic rings. The van der Waals surface area contributed by atoms with Crippen molar-refractivity contribution >= 4 is 17.4 Å². The quantitative estimate of drug-likeness (QED) is 0.639. The van der Waals surface area contributed by atoms with Crippen LogP contribution in [0.3, 0.4) is 0 Å². The molecule has 4 rings (SSSR count). The summed E-state index contributed by atoms with van der Waals surface area (Å²) >= 11 is 0. The van der Waals surface area contributed by atoms with Gasteiger partial charge in [0.05, 0.1) is 16.8 Å². The largest absolute Gasteiger partial charge is 0.417 e. The van der Waals surface area contributed by atoms with Gasteiger partial charge in [0.1, 0.15) is 0 Å². The summed E-state index contributed by atoms with van der Waals surface area (Å²) in [4.78, 5) is 20.9. The topological polar surface area (TPSA) is 36.4 Å². The SMILES string of the molecule is O=C(c1ccccc1C(F)(F)F)N1CCN(Cc2ccccc2)c2ncccc21. The minimum absolute atomic E-state index is 0.274. The second-order valence-electron chi connectivity index (χ2n) is 6.75. The lowest BCUT2D eigenvalue weighted by atomic mass is 10.0. The Morgan fingerprint density at radius 3 is 2.41 bits per heavy atom. The van der Waals surface area contributed by atoms with E-state index in [-0.39, 0.29) is 12.1 Å². The molecule has 0 N–H and O–H groups in total. The smallest absolute Gasteiger partial charge is 0.349 e. The molecule has 7 heteroatoms. The number of anilines is 2. The van der Waals surface area contributed by atoms with Crippen molar-refractivity contribution in [3.05, 3.63) is 89.6 Å². The van der Waals surface area contributed by atoms with Gasteiger partial charge in [-0.3, -0.25) is 4.79 Å². The molecule has 0 saturated heterocycles. The Bertz CT molecular complexity index is 1020. The zero-order valence-corrected chi connectivity index (χ0v) is 15.4. The number of halogens is 3. The number of alkyl halides is 3. The van der Waals surface area contributed by atoms with Gasteiger partial charge in [0.25, 0.3) is 5.91 Å². The molecule has 1 amide bonds. The number of hydrogen-bond donors (Lipinski definition) is 0. The van der Waals surface area contributed by atoms with E-state index in [9.17, 15) is 18.0 Å². The van der Waals surface area contributed by atoms with Crippen LogP contribution in [0.2, 0.25) is 0 Å². The van der Waals surface area contributed by atoms with Gasteiger partial charge in [-0.25, -0.2) is 4.98 Å². The molecule has 0 atom stereocenters. The molecular formula is C22H18F3N3O. The van der Waals surface area contributed by atoms with Crippen LogP contribution >= 0.6 is 0 Å². The van der Waals surface area contributed by atoms with E-state index < -0.39 is 17.6 Å². The van der Waals surface area contributed by atoms with E-state index in [2.05, 4.69) is 4.98 Å². The molecule has 29 heavy (non-hydrogen) atoms. The minimum atomic E-state index is -4.60. The molecule has 0 saturated carbocycles. The Labute approximate surface area is 166 Å². The van der Waals surface area contributed by atoms with E-state index >= 15 is 0 Å². The van der Waals surface area contributed by atoms with Crippen LogP contribution in [0.5, 0.6) is 0 Å². The van der Waals surface area contributed by atoms with Gasteiger partial charge in [-0.1, -0.05) is 42.5 Å². The Morgan fingerprint density at radius 2 is 1.66 bits per heavy atom. The summed E-state index contributed by atoms with van der Waals surface area (Å²) in [6.07, 6.45) is -2.98. The molecule has 0 radical (unpaired) electrons. The molecule has 0 spiro atoms. The van der Waals surface area contributed by atoms with Gasteiger partial charge in [0.15, 0.2) is 5.82 Å². The Morgan fingerprint density at radius 1 is 0.931 bits per heavy atom. The maximum Gasteiger partial charge on any atom is 0.417 e. The maximum atomic E-state index is 13.4. The standard InChI is InChI=1S/C22H18F3N3O/c23-22(24,25)18-10-5-4-9-17(18)21(29)28-14-13-27(15-16-7-2-1-3-8-16)20-19(28)11-6-12-26-20/h1-12H,13-15H2. The molecular weight excluding hydrogens is 379 g/mol. The predicted octanol–water partition coefficient (Wildman–Crippen LogP) is 4.77. The number of rotatable bonds is 3. The van der Waals surface area contributed by atoms with Crippen LogP contribution in [0.25, 0.3) is 0 Å². The highest BCUT2D eigenvalue weighted by molar-refractivity contribution is 6.09. The Kier molecular flexibility index (Phi) is 4.96. The molecule has 1 aromatic heterocycles. The zero-order chi connectivity index (χ0) is 20.4. The van der Waals surface area contributed by atoms with Gasteiger partial charge in [0.2, 0.25) is 0 Å². The third-order valence-corrected chi connectivity index (χ3v) is 4.87. The summed E-state index contributed by atoms with van der Waals surface area (Å²) in [5, 5.41) is 0. The van der Waals surface area contributed by atoms with Crippen LogP contribution in [0.4, 0.5) is 24.7 Å². The number of carbonyl (C=O) groups is 1. The number of amides is 1. The summed E-state index contributed by atoms with van der Waals surface area (Å²) in [7, 11) is 0. The fourth-order valence-electron chi connectivity index (χ4n) is 3.52. The highest BCUT2D eigenvalue weighted by atomic mass is 19.4. The molecule has 2 heterocycles.